The van der Waals surface area contributed by atoms with Crippen molar-refractivity contribution >= 4 is 28.2 Å². The van der Waals surface area contributed by atoms with Gasteiger partial charge in [-0.25, -0.2) is 0 Å². The predicted molar refractivity (Wildman–Crippen MR) is 69.3 cm³/mol. The third-order valence-corrected chi connectivity index (χ3v) is 3.97. The van der Waals surface area contributed by atoms with Crippen molar-refractivity contribution in [3.05, 3.63) is 27.1 Å². The topological polar surface area (TPSA) is 110 Å². The molecule has 0 fully saturated rings. The Balaban J connectivity index is 2.69. The van der Waals surface area contributed by atoms with Gasteiger partial charge in [-0.15, -0.1) is 0 Å². The summed E-state index contributed by atoms with van der Waals surface area (Å²) in [6.45, 7) is 3.23. The Morgan fingerprint density at radius 1 is 1.53 bits per heavy atom. The number of amides is 1. The fourth-order valence-corrected chi connectivity index (χ4v) is 2.00. The summed E-state index contributed by atoms with van der Waals surface area (Å²) in [5.41, 5.74) is -1.04. The van der Waals surface area contributed by atoms with E-state index in [1.807, 2.05) is 0 Å². The summed E-state index contributed by atoms with van der Waals surface area (Å²) in [6, 6.07) is 2.60. The zero-order chi connectivity index (χ0) is 14.6. The first-order chi connectivity index (χ1) is 8.80. The van der Waals surface area contributed by atoms with Crippen LogP contribution in [-0.2, 0) is 4.79 Å². The van der Waals surface area contributed by atoms with Crippen LogP contribution < -0.4 is 5.32 Å². The summed E-state index contributed by atoms with van der Waals surface area (Å²) < 4.78 is 0. The average Bonchev–Trinajstić information content (AvgIpc) is 2.85. The first kappa shape index (κ1) is 15.1. The predicted octanol–water partition coefficient (Wildman–Crippen LogP) is 1.89. The second-order valence-electron chi connectivity index (χ2n) is 4.30. The van der Waals surface area contributed by atoms with Gasteiger partial charge in [0.2, 0.25) is 0 Å². The van der Waals surface area contributed by atoms with Gasteiger partial charge in [-0.3, -0.25) is 19.7 Å². The summed E-state index contributed by atoms with van der Waals surface area (Å²) >= 11 is 0.757. The molecule has 1 rings (SSSR count). The molecule has 19 heavy (non-hydrogen) atoms. The number of carboxylic acids is 1. The van der Waals surface area contributed by atoms with Crippen molar-refractivity contribution in [2.75, 3.05) is 6.54 Å². The molecule has 7 nitrogen and oxygen atoms in total. The van der Waals surface area contributed by atoms with E-state index < -0.39 is 22.2 Å². The Hall–Kier alpha value is -1.96. The van der Waals surface area contributed by atoms with Gasteiger partial charge >= 0.3 is 11.0 Å². The van der Waals surface area contributed by atoms with Gasteiger partial charge in [-0.2, -0.15) is 0 Å². The fraction of sp³-hybridized carbons (Fsp3) is 0.455. The number of hydrogen-bond acceptors (Lipinski definition) is 5. The second kappa shape index (κ2) is 5.79. The molecule has 0 saturated heterocycles. The highest BCUT2D eigenvalue weighted by atomic mass is 32.1. The Morgan fingerprint density at radius 2 is 2.16 bits per heavy atom. The van der Waals surface area contributed by atoms with E-state index in [2.05, 4.69) is 5.32 Å². The maximum absolute atomic E-state index is 11.7. The van der Waals surface area contributed by atoms with Crippen LogP contribution in [0.1, 0.15) is 29.9 Å². The molecule has 0 aliphatic carbocycles. The third-order valence-electron chi connectivity index (χ3n) is 2.93. The molecule has 2 N–H and O–H groups in total. The Labute approximate surface area is 113 Å². The SMILES string of the molecule is CCC(C)(CNC(=O)c1ccc([N+](=O)[O-])s1)C(=O)O. The summed E-state index contributed by atoms with van der Waals surface area (Å²) in [5, 5.41) is 21.9. The van der Waals surface area contributed by atoms with Crippen LogP contribution in [0.15, 0.2) is 12.1 Å². The van der Waals surface area contributed by atoms with Crippen LogP contribution in [0, 0.1) is 15.5 Å². The van der Waals surface area contributed by atoms with Gasteiger partial charge < -0.3 is 10.4 Å². The number of nitrogens with one attached hydrogen (secondary N) is 1. The highest BCUT2D eigenvalue weighted by Crippen LogP contribution is 2.24. The minimum absolute atomic E-state index is 0.0244. The lowest BCUT2D eigenvalue weighted by Gasteiger charge is -2.22. The number of carbonyl (C=O) groups excluding carboxylic acids is 1. The van der Waals surface area contributed by atoms with Crippen molar-refractivity contribution in [3.63, 3.8) is 0 Å². The van der Waals surface area contributed by atoms with E-state index in [0.29, 0.717) is 6.42 Å². The lowest BCUT2D eigenvalue weighted by atomic mass is 9.88. The highest BCUT2D eigenvalue weighted by Gasteiger charge is 2.31. The molecule has 104 valence electrons. The monoisotopic (exact) mass is 286 g/mol. The zero-order valence-corrected chi connectivity index (χ0v) is 11.3. The number of hydrogen-bond donors (Lipinski definition) is 2. The fourth-order valence-electron chi connectivity index (χ4n) is 1.26. The minimum atomic E-state index is -1.04. The van der Waals surface area contributed by atoms with Gasteiger partial charge in [0.1, 0.15) is 0 Å². The van der Waals surface area contributed by atoms with Gasteiger partial charge in [0.15, 0.2) is 0 Å². The van der Waals surface area contributed by atoms with Crippen LogP contribution in [0.3, 0.4) is 0 Å². The Morgan fingerprint density at radius 3 is 2.58 bits per heavy atom. The lowest BCUT2D eigenvalue weighted by Crippen LogP contribution is -2.40. The van der Waals surface area contributed by atoms with Gasteiger partial charge in [-0.05, 0) is 19.4 Å². The molecule has 0 aliphatic heterocycles. The molecule has 0 bridgehead atoms. The first-order valence-corrected chi connectivity index (χ1v) is 6.37. The largest absolute Gasteiger partial charge is 0.481 e. The standard InChI is InChI=1S/C11H14N2O5S/c1-3-11(2,10(15)16)6-12-9(14)7-4-5-8(19-7)13(17)18/h4-5H,3,6H2,1-2H3,(H,12,14)(H,15,16). The van der Waals surface area contributed by atoms with Crippen molar-refractivity contribution in [2.24, 2.45) is 5.41 Å². The Bertz CT molecular complexity index is 513. The number of carboxylic acid groups (broad SMARTS) is 1. The summed E-state index contributed by atoms with van der Waals surface area (Å²) in [5.74, 6) is -1.49. The minimum Gasteiger partial charge on any atom is -0.481 e. The molecule has 0 saturated carbocycles. The molecule has 0 aromatic carbocycles. The van der Waals surface area contributed by atoms with Crippen molar-refractivity contribution in [1.82, 2.24) is 5.32 Å². The van der Waals surface area contributed by atoms with Crippen molar-refractivity contribution in [2.45, 2.75) is 20.3 Å². The van der Waals surface area contributed by atoms with Crippen LogP contribution in [0.5, 0.6) is 0 Å². The van der Waals surface area contributed by atoms with Crippen molar-refractivity contribution in [1.29, 1.82) is 0 Å². The maximum atomic E-state index is 11.7. The smallest absolute Gasteiger partial charge is 0.324 e. The van der Waals surface area contributed by atoms with Gasteiger partial charge in [-0.1, -0.05) is 18.3 Å². The number of nitrogens with zero attached hydrogens (tertiary/aromatic N) is 1. The van der Waals surface area contributed by atoms with Crippen molar-refractivity contribution < 1.29 is 19.6 Å². The molecular weight excluding hydrogens is 272 g/mol. The van der Waals surface area contributed by atoms with Crippen LogP contribution in [0.4, 0.5) is 5.00 Å². The van der Waals surface area contributed by atoms with E-state index in [4.69, 9.17) is 5.11 Å². The molecular formula is C11H14N2O5S. The first-order valence-electron chi connectivity index (χ1n) is 5.56. The van der Waals surface area contributed by atoms with E-state index in [1.54, 1.807) is 6.92 Å². The normalized spacial score (nSPS) is 13.6. The third kappa shape index (κ3) is 3.50. The zero-order valence-electron chi connectivity index (χ0n) is 10.5. The molecule has 1 amide bonds. The average molecular weight is 286 g/mol. The Kier molecular flexibility index (Phi) is 4.60. The molecule has 0 spiro atoms. The van der Waals surface area contributed by atoms with Crippen LogP contribution in [0.25, 0.3) is 0 Å². The number of carbonyl (C=O) groups is 2. The quantitative estimate of drug-likeness (QED) is 0.613. The number of thiophene rings is 1. The van der Waals surface area contributed by atoms with E-state index in [-0.39, 0.29) is 16.4 Å². The van der Waals surface area contributed by atoms with Crippen molar-refractivity contribution in [3.8, 4) is 0 Å². The van der Waals surface area contributed by atoms with E-state index in [0.717, 1.165) is 11.3 Å². The molecule has 1 aromatic heterocycles. The summed E-state index contributed by atoms with van der Waals surface area (Å²) in [7, 11) is 0. The van der Waals surface area contributed by atoms with Gasteiger partial charge in [0.05, 0.1) is 15.2 Å². The maximum Gasteiger partial charge on any atom is 0.324 e. The molecule has 1 atom stereocenters. The molecule has 8 heteroatoms. The lowest BCUT2D eigenvalue weighted by molar-refractivity contribution is -0.380. The van der Waals surface area contributed by atoms with Crippen LogP contribution >= 0.6 is 11.3 Å². The molecule has 0 radical (unpaired) electrons. The van der Waals surface area contributed by atoms with Gasteiger partial charge in [0.25, 0.3) is 5.91 Å². The van der Waals surface area contributed by atoms with Crippen LogP contribution in [0.2, 0.25) is 0 Å². The van der Waals surface area contributed by atoms with Crippen LogP contribution in [-0.4, -0.2) is 28.5 Å². The number of aliphatic carboxylic acids is 1. The van der Waals surface area contributed by atoms with E-state index in [1.165, 1.54) is 19.1 Å². The summed E-state index contributed by atoms with van der Waals surface area (Å²) in [4.78, 5) is 32.9. The molecule has 0 aliphatic rings. The molecule has 1 unspecified atom stereocenters. The summed E-state index contributed by atoms with van der Waals surface area (Å²) in [6.07, 6.45) is 0.368. The number of nitro groups is 1. The molecule has 1 aromatic rings. The van der Waals surface area contributed by atoms with E-state index in [9.17, 15) is 19.7 Å². The molecule has 1 heterocycles. The second-order valence-corrected chi connectivity index (χ2v) is 5.36. The van der Waals surface area contributed by atoms with Gasteiger partial charge in [0, 0.05) is 12.6 Å². The number of rotatable bonds is 6. The highest BCUT2D eigenvalue weighted by molar-refractivity contribution is 7.17. The van der Waals surface area contributed by atoms with E-state index >= 15 is 0 Å².